The molecule has 0 N–H and O–H groups in total. The quantitative estimate of drug-likeness (QED) is 0.611. The summed E-state index contributed by atoms with van der Waals surface area (Å²) in [4.78, 5) is 0. The maximum absolute atomic E-state index is 5.95. The predicted octanol–water partition coefficient (Wildman–Crippen LogP) is 3.55. The van der Waals surface area contributed by atoms with Crippen molar-refractivity contribution >= 4 is 0 Å². The predicted molar refractivity (Wildman–Crippen MR) is 59.2 cm³/mol. The first kappa shape index (κ1) is 10.2. The third kappa shape index (κ3) is 2.20. The molecule has 0 radical (unpaired) electrons. The van der Waals surface area contributed by atoms with E-state index in [0.717, 1.165) is 12.5 Å². The van der Waals surface area contributed by atoms with Gasteiger partial charge in [-0.2, -0.15) is 0 Å². The molecule has 1 aliphatic heterocycles. The van der Waals surface area contributed by atoms with E-state index < -0.39 is 0 Å². The van der Waals surface area contributed by atoms with Gasteiger partial charge in [0, 0.05) is 12.5 Å². The lowest BCUT2D eigenvalue weighted by atomic mass is 9.78. The van der Waals surface area contributed by atoms with E-state index in [-0.39, 0.29) is 0 Å². The third-order valence-electron chi connectivity index (χ3n) is 3.83. The molecule has 2 rings (SSSR count). The van der Waals surface area contributed by atoms with Gasteiger partial charge in [0.15, 0.2) is 0 Å². The number of rotatable bonds is 2. The van der Waals surface area contributed by atoms with Crippen molar-refractivity contribution in [2.45, 2.75) is 51.0 Å². The van der Waals surface area contributed by atoms with Crippen molar-refractivity contribution < 1.29 is 4.74 Å². The smallest absolute Gasteiger partial charge is 0.0665 e. The molecule has 0 aromatic carbocycles. The highest BCUT2D eigenvalue weighted by Crippen LogP contribution is 2.35. The molecular formula is C13H22O. The Hall–Kier alpha value is -0.300. The molecule has 1 heterocycles. The first-order valence-corrected chi connectivity index (χ1v) is 6.16. The highest BCUT2D eigenvalue weighted by Gasteiger charge is 2.31. The minimum absolute atomic E-state index is 0.501. The summed E-state index contributed by atoms with van der Waals surface area (Å²) in [7, 11) is 0. The summed E-state index contributed by atoms with van der Waals surface area (Å²) < 4.78 is 5.95. The van der Waals surface area contributed by atoms with Gasteiger partial charge in [-0.15, -0.1) is 6.58 Å². The molecule has 0 aromatic heterocycles. The second-order valence-corrected chi connectivity index (χ2v) is 4.78. The van der Waals surface area contributed by atoms with Gasteiger partial charge in [0.25, 0.3) is 0 Å². The van der Waals surface area contributed by atoms with Crippen LogP contribution in [0.25, 0.3) is 0 Å². The fourth-order valence-electron chi connectivity index (χ4n) is 3.03. The van der Waals surface area contributed by atoms with Gasteiger partial charge in [-0.25, -0.2) is 0 Å². The Kier molecular flexibility index (Phi) is 3.63. The molecule has 2 atom stereocenters. The van der Waals surface area contributed by atoms with Crippen molar-refractivity contribution in [2.24, 2.45) is 11.8 Å². The molecule has 80 valence electrons. The van der Waals surface area contributed by atoms with Crippen molar-refractivity contribution in [1.82, 2.24) is 0 Å². The maximum Gasteiger partial charge on any atom is 0.0665 e. The minimum atomic E-state index is 0.501. The van der Waals surface area contributed by atoms with Gasteiger partial charge in [0.2, 0.25) is 0 Å². The van der Waals surface area contributed by atoms with Crippen LogP contribution < -0.4 is 0 Å². The summed E-state index contributed by atoms with van der Waals surface area (Å²) in [5.41, 5.74) is 0. The second-order valence-electron chi connectivity index (χ2n) is 4.78. The Balaban J connectivity index is 1.94. The normalized spacial score (nSPS) is 35.4. The van der Waals surface area contributed by atoms with Gasteiger partial charge >= 0.3 is 0 Å². The van der Waals surface area contributed by atoms with E-state index in [2.05, 4.69) is 12.7 Å². The van der Waals surface area contributed by atoms with Gasteiger partial charge in [-0.05, 0) is 31.6 Å². The molecular weight excluding hydrogens is 172 g/mol. The summed E-state index contributed by atoms with van der Waals surface area (Å²) in [6.07, 6.45) is 12.2. The van der Waals surface area contributed by atoms with Crippen LogP contribution in [0, 0.1) is 11.8 Å². The zero-order valence-electron chi connectivity index (χ0n) is 9.08. The Morgan fingerprint density at radius 2 is 1.79 bits per heavy atom. The molecule has 0 unspecified atom stereocenters. The van der Waals surface area contributed by atoms with Gasteiger partial charge < -0.3 is 4.74 Å². The fraction of sp³-hybridized carbons (Fsp3) is 0.846. The average molecular weight is 194 g/mol. The van der Waals surface area contributed by atoms with E-state index in [4.69, 9.17) is 4.74 Å². The fourth-order valence-corrected chi connectivity index (χ4v) is 3.03. The van der Waals surface area contributed by atoms with Crippen LogP contribution in [0.4, 0.5) is 0 Å². The van der Waals surface area contributed by atoms with Crippen molar-refractivity contribution in [3.8, 4) is 0 Å². The molecule has 0 spiro atoms. The first-order valence-electron chi connectivity index (χ1n) is 6.16. The van der Waals surface area contributed by atoms with Crippen molar-refractivity contribution in [2.75, 3.05) is 6.61 Å². The molecule has 1 aliphatic carbocycles. The summed E-state index contributed by atoms with van der Waals surface area (Å²) in [6, 6.07) is 0. The molecule has 1 nitrogen and oxygen atoms in total. The van der Waals surface area contributed by atoms with Gasteiger partial charge in [-0.3, -0.25) is 0 Å². The van der Waals surface area contributed by atoms with Crippen LogP contribution >= 0.6 is 0 Å². The van der Waals surface area contributed by atoms with Crippen LogP contribution in [0.15, 0.2) is 12.7 Å². The van der Waals surface area contributed by atoms with Crippen LogP contribution in [0.3, 0.4) is 0 Å². The van der Waals surface area contributed by atoms with Crippen LogP contribution in [0.2, 0.25) is 0 Å². The standard InChI is InChI=1S/C13H22O/c1-2-11-9-6-10-14-13(11)12-7-4-3-5-8-12/h2,11-13H,1,3-10H2/t11-,13-/m1/s1. The van der Waals surface area contributed by atoms with E-state index in [1.807, 2.05) is 0 Å². The molecule has 1 heteroatoms. The molecule has 0 amide bonds. The molecule has 1 saturated carbocycles. The number of hydrogen-bond donors (Lipinski definition) is 0. The Bertz CT molecular complexity index is 182. The van der Waals surface area contributed by atoms with E-state index >= 15 is 0 Å². The first-order chi connectivity index (χ1) is 6.92. The number of ether oxygens (including phenoxy) is 1. The topological polar surface area (TPSA) is 9.23 Å². The summed E-state index contributed by atoms with van der Waals surface area (Å²) in [5, 5.41) is 0. The summed E-state index contributed by atoms with van der Waals surface area (Å²) in [5.74, 6) is 1.46. The molecule has 14 heavy (non-hydrogen) atoms. The average Bonchev–Trinajstić information content (AvgIpc) is 2.30. The monoisotopic (exact) mass is 194 g/mol. The van der Waals surface area contributed by atoms with E-state index in [9.17, 15) is 0 Å². The van der Waals surface area contributed by atoms with Gasteiger partial charge in [0.05, 0.1) is 6.10 Å². The molecule has 0 bridgehead atoms. The van der Waals surface area contributed by atoms with Gasteiger partial charge in [-0.1, -0.05) is 25.3 Å². The Morgan fingerprint density at radius 1 is 1.00 bits per heavy atom. The minimum Gasteiger partial charge on any atom is -0.377 e. The molecule has 2 fully saturated rings. The molecule has 1 saturated heterocycles. The largest absolute Gasteiger partial charge is 0.377 e. The summed E-state index contributed by atoms with van der Waals surface area (Å²) in [6.45, 7) is 4.93. The maximum atomic E-state index is 5.95. The highest BCUT2D eigenvalue weighted by atomic mass is 16.5. The van der Waals surface area contributed by atoms with Crippen LogP contribution in [0.5, 0.6) is 0 Å². The van der Waals surface area contributed by atoms with Crippen LogP contribution in [-0.4, -0.2) is 12.7 Å². The van der Waals surface area contributed by atoms with Crippen molar-refractivity contribution in [3.05, 3.63) is 12.7 Å². The second kappa shape index (κ2) is 4.97. The lowest BCUT2D eigenvalue weighted by Crippen LogP contribution is -2.36. The van der Waals surface area contributed by atoms with Gasteiger partial charge in [0.1, 0.15) is 0 Å². The van der Waals surface area contributed by atoms with E-state index in [1.54, 1.807) is 0 Å². The lowest BCUT2D eigenvalue weighted by molar-refractivity contribution is -0.0548. The molecule has 2 aliphatic rings. The van der Waals surface area contributed by atoms with Crippen LogP contribution in [0.1, 0.15) is 44.9 Å². The Labute approximate surface area is 87.5 Å². The number of hydrogen-bond acceptors (Lipinski definition) is 1. The third-order valence-corrected chi connectivity index (χ3v) is 3.83. The lowest BCUT2D eigenvalue weighted by Gasteiger charge is -2.37. The highest BCUT2D eigenvalue weighted by molar-refractivity contribution is 4.91. The van der Waals surface area contributed by atoms with E-state index in [1.165, 1.54) is 44.9 Å². The van der Waals surface area contributed by atoms with Crippen molar-refractivity contribution in [3.63, 3.8) is 0 Å². The zero-order valence-corrected chi connectivity index (χ0v) is 9.08. The Morgan fingerprint density at radius 3 is 2.50 bits per heavy atom. The van der Waals surface area contributed by atoms with Crippen molar-refractivity contribution in [1.29, 1.82) is 0 Å². The zero-order chi connectivity index (χ0) is 9.80. The van der Waals surface area contributed by atoms with Crippen LogP contribution in [-0.2, 0) is 4.74 Å². The van der Waals surface area contributed by atoms with E-state index in [0.29, 0.717) is 12.0 Å². The molecule has 0 aromatic rings. The SMILES string of the molecule is C=C[C@@H]1CCCO[C@H]1C1CCCCC1. The summed E-state index contributed by atoms with van der Waals surface area (Å²) >= 11 is 0.